The summed E-state index contributed by atoms with van der Waals surface area (Å²) >= 11 is 6.38. The molecule has 4 heteroatoms. The van der Waals surface area contributed by atoms with Gasteiger partial charge in [-0.15, -0.1) is 0 Å². The van der Waals surface area contributed by atoms with E-state index < -0.39 is 0 Å². The molecule has 108 valence electrons. The highest BCUT2D eigenvalue weighted by Gasteiger charge is 2.21. The molecule has 1 aromatic heterocycles. The first-order valence-corrected chi connectivity index (χ1v) is 7.30. The van der Waals surface area contributed by atoms with Crippen LogP contribution in [0, 0.1) is 0 Å². The van der Waals surface area contributed by atoms with Crippen molar-refractivity contribution in [2.24, 2.45) is 0 Å². The Morgan fingerprint density at radius 3 is 2.48 bits per heavy atom. The van der Waals surface area contributed by atoms with Crippen molar-refractivity contribution in [2.45, 2.75) is 26.2 Å². The van der Waals surface area contributed by atoms with Crippen LogP contribution in [-0.4, -0.2) is 9.55 Å². The van der Waals surface area contributed by atoms with E-state index in [1.54, 1.807) is 0 Å². The largest absolute Gasteiger partial charge is 0.369 e. The zero-order chi connectivity index (χ0) is 15.2. The molecule has 0 aliphatic carbocycles. The van der Waals surface area contributed by atoms with Gasteiger partial charge in [0.2, 0.25) is 5.95 Å². The molecule has 0 fully saturated rings. The minimum atomic E-state index is 0.000876. The van der Waals surface area contributed by atoms with Crippen LogP contribution < -0.4 is 5.73 Å². The van der Waals surface area contributed by atoms with Gasteiger partial charge in [-0.25, -0.2) is 4.98 Å². The van der Waals surface area contributed by atoms with Crippen molar-refractivity contribution in [3.05, 3.63) is 53.1 Å². The number of halogens is 1. The molecule has 0 radical (unpaired) electrons. The van der Waals surface area contributed by atoms with Crippen molar-refractivity contribution >= 4 is 28.6 Å². The van der Waals surface area contributed by atoms with Gasteiger partial charge in [-0.1, -0.05) is 56.6 Å². The number of rotatable bonds is 1. The lowest BCUT2D eigenvalue weighted by Gasteiger charge is -2.24. The number of aromatic nitrogens is 2. The summed E-state index contributed by atoms with van der Waals surface area (Å²) in [5.74, 6) is 0.454. The Bertz CT molecular complexity index is 813. The maximum atomic E-state index is 6.38. The molecular formula is C17H18ClN3. The van der Waals surface area contributed by atoms with Gasteiger partial charge < -0.3 is 5.73 Å². The molecule has 0 bridgehead atoms. The molecule has 0 aliphatic heterocycles. The average molecular weight is 300 g/mol. The maximum absolute atomic E-state index is 6.38. The van der Waals surface area contributed by atoms with Gasteiger partial charge in [-0.3, -0.25) is 4.57 Å². The van der Waals surface area contributed by atoms with Crippen molar-refractivity contribution in [1.29, 1.82) is 0 Å². The first-order valence-electron chi connectivity index (χ1n) is 6.92. The Hall–Kier alpha value is -2.00. The number of benzene rings is 2. The molecule has 0 spiro atoms. The summed E-state index contributed by atoms with van der Waals surface area (Å²) in [7, 11) is 0. The third kappa shape index (κ3) is 2.28. The molecule has 0 saturated heterocycles. The Morgan fingerprint density at radius 1 is 1.05 bits per heavy atom. The van der Waals surface area contributed by atoms with Gasteiger partial charge in [-0.2, -0.15) is 0 Å². The third-order valence-corrected chi connectivity index (χ3v) is 3.91. The van der Waals surface area contributed by atoms with Gasteiger partial charge in [-0.05, 0) is 29.2 Å². The zero-order valence-electron chi connectivity index (χ0n) is 12.4. The molecule has 0 aliphatic rings. The second-order valence-corrected chi connectivity index (χ2v) is 6.59. The number of fused-ring (bicyclic) bond motifs is 1. The van der Waals surface area contributed by atoms with Crippen LogP contribution in [0.3, 0.4) is 0 Å². The lowest BCUT2D eigenvalue weighted by molar-refractivity contribution is 0.587. The summed E-state index contributed by atoms with van der Waals surface area (Å²) in [5, 5.41) is 0.653. The standard InChI is InChI=1S/C17H18ClN3/c1-17(2,3)11-7-4-5-10-14(11)21-15-12(18)8-6-9-13(15)20-16(21)19/h4-10H,1-3H3,(H2,19,20). The van der Waals surface area contributed by atoms with Gasteiger partial charge in [0.15, 0.2) is 0 Å². The SMILES string of the molecule is CC(C)(C)c1ccccc1-n1c(N)nc2cccc(Cl)c21. The van der Waals surface area contributed by atoms with E-state index in [4.69, 9.17) is 17.3 Å². The summed E-state index contributed by atoms with van der Waals surface area (Å²) in [6.07, 6.45) is 0. The number of nitrogens with zero attached hydrogens (tertiary/aromatic N) is 2. The first-order chi connectivity index (χ1) is 9.89. The van der Waals surface area contributed by atoms with Gasteiger partial charge in [0.05, 0.1) is 21.7 Å². The zero-order valence-corrected chi connectivity index (χ0v) is 13.1. The molecular weight excluding hydrogens is 282 g/mol. The lowest BCUT2D eigenvalue weighted by Crippen LogP contribution is -2.16. The van der Waals surface area contributed by atoms with Crippen LogP contribution in [0.4, 0.5) is 5.95 Å². The number of hydrogen-bond donors (Lipinski definition) is 1. The molecule has 0 saturated carbocycles. The van der Waals surface area contributed by atoms with Crippen LogP contribution in [0.2, 0.25) is 5.02 Å². The van der Waals surface area contributed by atoms with E-state index in [2.05, 4.69) is 37.9 Å². The summed E-state index contributed by atoms with van der Waals surface area (Å²) in [6, 6.07) is 13.9. The third-order valence-electron chi connectivity index (χ3n) is 3.61. The highest BCUT2D eigenvalue weighted by atomic mass is 35.5. The summed E-state index contributed by atoms with van der Waals surface area (Å²) in [4.78, 5) is 4.43. The predicted molar refractivity (Wildman–Crippen MR) is 89.2 cm³/mol. The molecule has 2 aromatic carbocycles. The molecule has 1 heterocycles. The van der Waals surface area contributed by atoms with Gasteiger partial charge in [0.1, 0.15) is 0 Å². The van der Waals surface area contributed by atoms with Crippen molar-refractivity contribution < 1.29 is 0 Å². The van der Waals surface area contributed by atoms with Crippen molar-refractivity contribution in [3.63, 3.8) is 0 Å². The summed E-state index contributed by atoms with van der Waals surface area (Å²) < 4.78 is 1.94. The highest BCUT2D eigenvalue weighted by molar-refractivity contribution is 6.35. The molecule has 3 rings (SSSR count). The molecule has 3 nitrogen and oxygen atoms in total. The van der Waals surface area contributed by atoms with Crippen molar-refractivity contribution in [3.8, 4) is 5.69 Å². The van der Waals surface area contributed by atoms with E-state index >= 15 is 0 Å². The fourth-order valence-corrected chi connectivity index (χ4v) is 2.90. The minimum absolute atomic E-state index is 0.000876. The molecule has 0 atom stereocenters. The quantitative estimate of drug-likeness (QED) is 0.716. The highest BCUT2D eigenvalue weighted by Crippen LogP contribution is 2.34. The summed E-state index contributed by atoms with van der Waals surface area (Å²) in [5.41, 5.74) is 10.1. The number of para-hydroxylation sites is 2. The lowest BCUT2D eigenvalue weighted by atomic mass is 9.85. The Morgan fingerprint density at radius 2 is 1.76 bits per heavy atom. The fourth-order valence-electron chi connectivity index (χ4n) is 2.65. The topological polar surface area (TPSA) is 43.8 Å². The number of anilines is 1. The predicted octanol–water partition coefficient (Wildman–Crippen LogP) is 4.56. The van der Waals surface area contributed by atoms with Crippen LogP contribution in [0.5, 0.6) is 0 Å². The Kier molecular flexibility index (Phi) is 3.18. The molecule has 0 amide bonds. The number of imidazole rings is 1. The number of nitrogen functional groups attached to an aromatic ring is 1. The maximum Gasteiger partial charge on any atom is 0.205 e. The number of hydrogen-bond acceptors (Lipinski definition) is 2. The Labute approximate surface area is 129 Å². The normalized spacial score (nSPS) is 12.0. The average Bonchev–Trinajstić information content (AvgIpc) is 2.75. The van der Waals surface area contributed by atoms with E-state index in [0.717, 1.165) is 16.7 Å². The van der Waals surface area contributed by atoms with Crippen molar-refractivity contribution in [1.82, 2.24) is 9.55 Å². The van der Waals surface area contributed by atoms with Crippen LogP contribution in [-0.2, 0) is 5.41 Å². The minimum Gasteiger partial charge on any atom is -0.369 e. The monoisotopic (exact) mass is 299 g/mol. The van der Waals surface area contributed by atoms with E-state index in [0.29, 0.717) is 11.0 Å². The second kappa shape index (κ2) is 4.78. The second-order valence-electron chi connectivity index (χ2n) is 6.18. The van der Waals surface area contributed by atoms with Gasteiger partial charge in [0, 0.05) is 0 Å². The molecule has 0 unspecified atom stereocenters. The van der Waals surface area contributed by atoms with Crippen LogP contribution in [0.1, 0.15) is 26.3 Å². The Balaban J connectivity index is 2.40. The molecule has 21 heavy (non-hydrogen) atoms. The van der Waals surface area contributed by atoms with E-state index in [1.165, 1.54) is 5.56 Å². The summed E-state index contributed by atoms with van der Waals surface area (Å²) in [6.45, 7) is 6.55. The van der Waals surface area contributed by atoms with Crippen LogP contribution in [0.15, 0.2) is 42.5 Å². The van der Waals surface area contributed by atoms with Crippen LogP contribution in [0.25, 0.3) is 16.7 Å². The van der Waals surface area contributed by atoms with E-state index in [-0.39, 0.29) is 5.41 Å². The fraction of sp³-hybridized carbons (Fsp3) is 0.235. The van der Waals surface area contributed by atoms with Gasteiger partial charge in [0.25, 0.3) is 0 Å². The number of nitrogens with two attached hydrogens (primary N) is 1. The van der Waals surface area contributed by atoms with Crippen molar-refractivity contribution in [2.75, 3.05) is 5.73 Å². The van der Waals surface area contributed by atoms with Crippen LogP contribution >= 0.6 is 11.6 Å². The molecule has 2 N–H and O–H groups in total. The van der Waals surface area contributed by atoms with Gasteiger partial charge >= 0.3 is 0 Å². The smallest absolute Gasteiger partial charge is 0.205 e. The first kappa shape index (κ1) is 14.0. The van der Waals surface area contributed by atoms with E-state index in [9.17, 15) is 0 Å². The van der Waals surface area contributed by atoms with E-state index in [1.807, 2.05) is 34.9 Å². The molecule has 3 aromatic rings.